The second-order valence-electron chi connectivity index (χ2n) is 6.30. The largest absolute Gasteiger partial charge is 0.395 e. The average molecular weight is 381 g/mol. The average Bonchev–Trinajstić information content (AvgIpc) is 3.22. The zero-order valence-electron chi connectivity index (χ0n) is 15.5. The van der Waals surface area contributed by atoms with Crippen LogP contribution in [0.15, 0.2) is 48.8 Å². The standard InChI is InChI=1S/C20H23N5O3/c1-13-10-23-20(21-7-8-26)25-18(13)15-9-16(22-11-15)19(28)24-17(12-27)14-5-3-2-4-6-14/h2-6,9-11,17,22,26-27H,7-8,12H2,1H3,(H,24,28)(H,21,23,25). The number of aliphatic hydroxyl groups is 2. The van der Waals surface area contributed by atoms with Gasteiger partial charge in [-0.25, -0.2) is 9.97 Å². The number of anilines is 1. The van der Waals surface area contributed by atoms with Gasteiger partial charge in [0, 0.05) is 24.5 Å². The van der Waals surface area contributed by atoms with Gasteiger partial charge in [-0.3, -0.25) is 4.79 Å². The van der Waals surface area contributed by atoms with Gasteiger partial charge in [-0.15, -0.1) is 0 Å². The second kappa shape index (κ2) is 9.12. The molecule has 146 valence electrons. The van der Waals surface area contributed by atoms with E-state index >= 15 is 0 Å². The van der Waals surface area contributed by atoms with E-state index in [0.29, 0.717) is 23.9 Å². The lowest BCUT2D eigenvalue weighted by Gasteiger charge is -2.16. The van der Waals surface area contributed by atoms with E-state index in [1.54, 1.807) is 18.5 Å². The monoisotopic (exact) mass is 381 g/mol. The van der Waals surface area contributed by atoms with Gasteiger partial charge in [-0.05, 0) is 24.1 Å². The predicted molar refractivity (Wildman–Crippen MR) is 106 cm³/mol. The van der Waals surface area contributed by atoms with Crippen molar-refractivity contribution in [3.05, 3.63) is 65.6 Å². The minimum atomic E-state index is -0.490. The smallest absolute Gasteiger partial charge is 0.268 e. The fourth-order valence-electron chi connectivity index (χ4n) is 2.81. The highest BCUT2D eigenvalue weighted by Gasteiger charge is 2.17. The van der Waals surface area contributed by atoms with Crippen molar-refractivity contribution in [2.45, 2.75) is 13.0 Å². The Morgan fingerprint density at radius 1 is 1.25 bits per heavy atom. The summed E-state index contributed by atoms with van der Waals surface area (Å²) >= 11 is 0. The fourth-order valence-corrected chi connectivity index (χ4v) is 2.81. The number of H-pyrrole nitrogens is 1. The lowest BCUT2D eigenvalue weighted by Crippen LogP contribution is -2.30. The minimum absolute atomic E-state index is 0.0194. The molecule has 1 aromatic carbocycles. The van der Waals surface area contributed by atoms with Crippen LogP contribution in [0, 0.1) is 6.92 Å². The van der Waals surface area contributed by atoms with Gasteiger partial charge < -0.3 is 25.8 Å². The molecule has 2 aromatic heterocycles. The molecule has 28 heavy (non-hydrogen) atoms. The van der Waals surface area contributed by atoms with Crippen LogP contribution in [-0.2, 0) is 0 Å². The van der Waals surface area contributed by atoms with Gasteiger partial charge in [0.15, 0.2) is 0 Å². The molecule has 0 aliphatic rings. The van der Waals surface area contributed by atoms with Gasteiger partial charge in [-0.1, -0.05) is 30.3 Å². The number of nitrogens with zero attached hydrogens (tertiary/aromatic N) is 2. The number of aliphatic hydroxyl groups excluding tert-OH is 2. The number of aryl methyl sites for hydroxylation is 1. The molecule has 0 radical (unpaired) electrons. The van der Waals surface area contributed by atoms with Gasteiger partial charge in [0.05, 0.1) is 24.9 Å². The Labute approximate surface area is 162 Å². The molecule has 8 heteroatoms. The third-order valence-corrected chi connectivity index (χ3v) is 4.26. The van der Waals surface area contributed by atoms with E-state index in [0.717, 1.165) is 16.7 Å². The first kappa shape index (κ1) is 19.5. The van der Waals surface area contributed by atoms with Crippen molar-refractivity contribution in [1.29, 1.82) is 0 Å². The van der Waals surface area contributed by atoms with Gasteiger partial charge >= 0.3 is 0 Å². The predicted octanol–water partition coefficient (Wildman–Crippen LogP) is 1.65. The summed E-state index contributed by atoms with van der Waals surface area (Å²) in [5.41, 5.74) is 3.49. The molecule has 0 saturated carbocycles. The Bertz CT molecular complexity index is 927. The van der Waals surface area contributed by atoms with Crippen molar-refractivity contribution < 1.29 is 15.0 Å². The van der Waals surface area contributed by atoms with Crippen molar-refractivity contribution in [3.8, 4) is 11.3 Å². The van der Waals surface area contributed by atoms with Crippen LogP contribution in [0.3, 0.4) is 0 Å². The van der Waals surface area contributed by atoms with Crippen LogP contribution < -0.4 is 10.6 Å². The van der Waals surface area contributed by atoms with Crippen molar-refractivity contribution in [3.63, 3.8) is 0 Å². The molecule has 0 saturated heterocycles. The third kappa shape index (κ3) is 4.54. The van der Waals surface area contributed by atoms with Crippen molar-refractivity contribution in [1.82, 2.24) is 20.3 Å². The Balaban J connectivity index is 1.77. The Morgan fingerprint density at radius 3 is 2.75 bits per heavy atom. The highest BCUT2D eigenvalue weighted by molar-refractivity contribution is 5.94. The lowest BCUT2D eigenvalue weighted by atomic mass is 10.1. The van der Waals surface area contributed by atoms with Crippen LogP contribution in [0.2, 0.25) is 0 Å². The highest BCUT2D eigenvalue weighted by atomic mass is 16.3. The normalized spacial score (nSPS) is 11.8. The number of amides is 1. The molecule has 1 amide bonds. The minimum Gasteiger partial charge on any atom is -0.395 e. The quantitative estimate of drug-likeness (QED) is 0.404. The molecule has 2 heterocycles. The van der Waals surface area contributed by atoms with E-state index in [4.69, 9.17) is 5.11 Å². The second-order valence-corrected chi connectivity index (χ2v) is 6.30. The molecule has 5 N–H and O–H groups in total. The van der Waals surface area contributed by atoms with E-state index in [9.17, 15) is 9.90 Å². The number of hydrogen-bond acceptors (Lipinski definition) is 6. The summed E-state index contributed by atoms with van der Waals surface area (Å²) in [4.78, 5) is 24.2. The van der Waals surface area contributed by atoms with Crippen molar-refractivity contribution in [2.24, 2.45) is 0 Å². The first-order chi connectivity index (χ1) is 13.6. The summed E-state index contributed by atoms with van der Waals surface area (Å²) in [5, 5.41) is 24.3. The molecule has 3 rings (SSSR count). The first-order valence-corrected chi connectivity index (χ1v) is 8.96. The van der Waals surface area contributed by atoms with Crippen LogP contribution >= 0.6 is 0 Å². The molecular formula is C20H23N5O3. The number of rotatable bonds is 8. The van der Waals surface area contributed by atoms with E-state index in [1.807, 2.05) is 37.3 Å². The maximum Gasteiger partial charge on any atom is 0.268 e. The van der Waals surface area contributed by atoms with E-state index < -0.39 is 6.04 Å². The summed E-state index contributed by atoms with van der Waals surface area (Å²) in [7, 11) is 0. The molecule has 8 nitrogen and oxygen atoms in total. The van der Waals surface area contributed by atoms with Crippen LogP contribution in [0.25, 0.3) is 11.3 Å². The van der Waals surface area contributed by atoms with Crippen LogP contribution in [0.5, 0.6) is 0 Å². The van der Waals surface area contributed by atoms with Crippen molar-refractivity contribution >= 4 is 11.9 Å². The number of aromatic nitrogens is 3. The molecular weight excluding hydrogens is 358 g/mol. The fraction of sp³-hybridized carbons (Fsp3) is 0.250. The number of aromatic amines is 1. The highest BCUT2D eigenvalue weighted by Crippen LogP contribution is 2.23. The molecule has 0 aliphatic heterocycles. The van der Waals surface area contributed by atoms with Crippen LogP contribution in [-0.4, -0.2) is 50.8 Å². The van der Waals surface area contributed by atoms with Crippen LogP contribution in [0.1, 0.15) is 27.7 Å². The van der Waals surface area contributed by atoms with Crippen LogP contribution in [0.4, 0.5) is 5.95 Å². The van der Waals surface area contributed by atoms with E-state index in [2.05, 4.69) is 25.6 Å². The molecule has 0 aliphatic carbocycles. The van der Waals surface area contributed by atoms with E-state index in [-0.39, 0.29) is 19.1 Å². The number of carbonyl (C=O) groups excluding carboxylic acids is 1. The molecule has 1 unspecified atom stereocenters. The SMILES string of the molecule is Cc1cnc(NCCO)nc1-c1c[nH]c(C(=O)NC(CO)c2ccccc2)c1. The summed E-state index contributed by atoms with van der Waals surface area (Å²) in [6, 6.07) is 10.5. The number of benzene rings is 1. The lowest BCUT2D eigenvalue weighted by molar-refractivity contribution is 0.0912. The number of hydrogen-bond donors (Lipinski definition) is 5. The Morgan fingerprint density at radius 2 is 2.04 bits per heavy atom. The van der Waals surface area contributed by atoms with Gasteiger partial charge in [0.25, 0.3) is 5.91 Å². The molecule has 1 atom stereocenters. The summed E-state index contributed by atoms with van der Waals surface area (Å²) < 4.78 is 0. The zero-order valence-corrected chi connectivity index (χ0v) is 15.5. The number of carbonyl (C=O) groups is 1. The molecule has 0 bridgehead atoms. The van der Waals surface area contributed by atoms with Gasteiger partial charge in [0.1, 0.15) is 5.69 Å². The molecule has 0 fully saturated rings. The van der Waals surface area contributed by atoms with Gasteiger partial charge in [0.2, 0.25) is 5.95 Å². The molecule has 0 spiro atoms. The summed E-state index contributed by atoms with van der Waals surface area (Å²) in [5.74, 6) is 0.0887. The molecule has 3 aromatic rings. The summed E-state index contributed by atoms with van der Waals surface area (Å²) in [6.45, 7) is 2.02. The first-order valence-electron chi connectivity index (χ1n) is 8.96. The number of nitrogens with one attached hydrogen (secondary N) is 3. The zero-order chi connectivity index (χ0) is 19.9. The Hall–Kier alpha value is -3.23. The third-order valence-electron chi connectivity index (χ3n) is 4.26. The maximum absolute atomic E-state index is 12.6. The maximum atomic E-state index is 12.6. The van der Waals surface area contributed by atoms with E-state index in [1.165, 1.54) is 0 Å². The Kier molecular flexibility index (Phi) is 6.36. The van der Waals surface area contributed by atoms with Gasteiger partial charge in [-0.2, -0.15) is 0 Å². The van der Waals surface area contributed by atoms with Crippen molar-refractivity contribution in [2.75, 3.05) is 25.1 Å². The summed E-state index contributed by atoms with van der Waals surface area (Å²) in [6.07, 6.45) is 3.39. The topological polar surface area (TPSA) is 123 Å².